The number of nitrogens with two attached hydrogens (primary N) is 3. The number of phenols is 1. The molecule has 3 aliphatic rings. The van der Waals surface area contributed by atoms with Crippen molar-refractivity contribution in [1.82, 2.24) is 36.4 Å². The van der Waals surface area contributed by atoms with Crippen molar-refractivity contribution in [2.24, 2.45) is 29.0 Å². The van der Waals surface area contributed by atoms with Crippen molar-refractivity contribution in [2.45, 2.75) is 209 Å². The normalized spacial score (nSPS) is 28.4. The molecule has 1 aromatic carbocycles. The van der Waals surface area contributed by atoms with E-state index in [9.17, 15) is 74.4 Å². The number of rotatable bonds is 25. The van der Waals surface area contributed by atoms with Gasteiger partial charge in [-0.25, -0.2) is 0 Å². The second-order valence-electron chi connectivity index (χ2n) is 22.2. The van der Waals surface area contributed by atoms with Gasteiger partial charge in [-0.1, -0.05) is 77.8 Å². The van der Waals surface area contributed by atoms with Crippen molar-refractivity contribution in [3.8, 4) is 5.75 Å². The maximum absolute atomic E-state index is 14.7. The molecule has 17 unspecified atom stereocenters. The van der Waals surface area contributed by atoms with Gasteiger partial charge in [0.15, 0.2) is 0 Å². The molecule has 0 bridgehead atoms. The van der Waals surface area contributed by atoms with Gasteiger partial charge in [-0.05, 0) is 68.7 Å². The molecule has 3 aliphatic heterocycles. The highest BCUT2D eigenvalue weighted by atomic mass is 16.5. The van der Waals surface area contributed by atoms with Crippen LogP contribution in [0.15, 0.2) is 24.3 Å². The smallest absolute Gasteiger partial charge is 0.248 e. The van der Waals surface area contributed by atoms with Gasteiger partial charge in [0.25, 0.3) is 0 Å². The zero-order valence-corrected chi connectivity index (χ0v) is 46.7. The van der Waals surface area contributed by atoms with Crippen LogP contribution in [0.1, 0.15) is 129 Å². The van der Waals surface area contributed by atoms with E-state index in [2.05, 4.69) is 47.4 Å². The summed E-state index contributed by atoms with van der Waals surface area (Å²) in [5.41, 5.74) is 17.4. The molecule has 80 heavy (non-hydrogen) atoms. The van der Waals surface area contributed by atoms with E-state index in [0.29, 0.717) is 24.7 Å². The number of hydrogen-bond acceptors (Lipinski definition) is 19. The van der Waals surface area contributed by atoms with Gasteiger partial charge in [0, 0.05) is 44.9 Å². The van der Waals surface area contributed by atoms with Crippen LogP contribution in [0.2, 0.25) is 0 Å². The lowest BCUT2D eigenvalue weighted by molar-refractivity contribution is -0.148. The first-order valence-corrected chi connectivity index (χ1v) is 28.3. The summed E-state index contributed by atoms with van der Waals surface area (Å²) in [7, 11) is 0. The van der Waals surface area contributed by atoms with Crippen molar-refractivity contribution < 1.29 is 79.2 Å². The molecule has 17 atom stereocenters. The molecule has 4 rings (SSSR count). The number of carbonyl (C=O) groups excluding carboxylic acids is 7. The summed E-state index contributed by atoms with van der Waals surface area (Å²) >= 11 is 0. The Morgan fingerprint density at radius 3 is 2.01 bits per heavy atom. The lowest BCUT2D eigenvalue weighted by Crippen LogP contribution is -2.64. The summed E-state index contributed by atoms with van der Waals surface area (Å²) < 4.78 is 5.75. The van der Waals surface area contributed by atoms with Crippen LogP contribution in [-0.4, -0.2) is 216 Å². The van der Waals surface area contributed by atoms with Crippen LogP contribution >= 0.6 is 0 Å². The number of nitrogens with zero attached hydrogens (tertiary/aromatic N) is 2. The molecule has 0 spiro atoms. The first-order chi connectivity index (χ1) is 37.9. The zero-order chi connectivity index (χ0) is 59.4. The van der Waals surface area contributed by atoms with Gasteiger partial charge < -0.3 is 99.2 Å². The Morgan fingerprint density at radius 2 is 1.38 bits per heavy atom. The van der Waals surface area contributed by atoms with E-state index in [0.717, 1.165) is 55.2 Å². The molecule has 19 N–H and O–H groups in total. The SMILES string of the molecule is CCC(C)CC(C)CCCCCCCCC(=O)NC1CC(O)C(COCC(N)CN)NC(=O)C2C(O)CCN2C(=O)C(C(O)CCN)NC(=O)C(C(O)C(O)c2ccc(O)cc2)NC(=O)C2CC(O)CN2C(=O)C(C(C)O)NC1=O. The average molecular weight is 1140 g/mol. The molecule has 0 saturated carbocycles. The van der Waals surface area contributed by atoms with Crippen molar-refractivity contribution in [3.63, 3.8) is 0 Å². The summed E-state index contributed by atoms with van der Waals surface area (Å²) in [6.45, 7) is 6.02. The maximum Gasteiger partial charge on any atom is 0.248 e. The topological polar surface area (TPSA) is 435 Å². The van der Waals surface area contributed by atoms with Crippen molar-refractivity contribution >= 4 is 41.4 Å². The number of hydrogen-bond donors (Lipinski definition) is 16. The van der Waals surface area contributed by atoms with Crippen LogP contribution in [0.3, 0.4) is 0 Å². The molecule has 0 aliphatic carbocycles. The molecule has 3 saturated heterocycles. The summed E-state index contributed by atoms with van der Waals surface area (Å²) in [5, 5.41) is 102. The Morgan fingerprint density at radius 1 is 0.750 bits per heavy atom. The molecular weight excluding hydrogens is 1040 g/mol. The number of benzene rings is 1. The summed E-state index contributed by atoms with van der Waals surface area (Å²) in [6, 6.07) is -8.75. The highest BCUT2D eigenvalue weighted by molar-refractivity contribution is 5.98. The van der Waals surface area contributed by atoms with Crippen LogP contribution < -0.4 is 43.8 Å². The van der Waals surface area contributed by atoms with Gasteiger partial charge in [0.1, 0.15) is 54.2 Å². The number of aliphatic hydroxyl groups is 7. The van der Waals surface area contributed by atoms with E-state index in [-0.39, 0.29) is 56.8 Å². The lowest BCUT2D eigenvalue weighted by atomic mass is 9.91. The van der Waals surface area contributed by atoms with E-state index in [1.165, 1.54) is 30.7 Å². The number of aliphatic hydroxyl groups excluding tert-OH is 7. The molecule has 0 radical (unpaired) electrons. The van der Waals surface area contributed by atoms with Gasteiger partial charge >= 0.3 is 0 Å². The second-order valence-corrected chi connectivity index (χ2v) is 22.2. The highest BCUT2D eigenvalue weighted by Crippen LogP contribution is 2.27. The third-order valence-electron chi connectivity index (χ3n) is 15.4. The standard InChI is InChI=1S/C54H92N10O16/c1-5-29(2)22-30(3)12-10-8-6-7-9-11-13-42(71)58-36-24-41(70)37(28-80-27-33(57)25-56)59-52(77)46-40(69)19-21-63(46)54(79)44(39(68)18-20-55)61-51(76)45(48(73)47(72)32-14-16-34(66)17-15-32)62-50(75)38-23-35(67)26-64(38)53(78)43(31(4)65)60-49(36)74/h14-17,29-31,33,35-41,43-48,65-70,72-73H,5-13,18-28,55-57H2,1-4H3,(H,58,71)(H,59,77)(H,60,74)(H,61,76)(H,62,75). The fourth-order valence-electron chi connectivity index (χ4n) is 10.4. The minimum absolute atomic E-state index is 0.0199. The second kappa shape index (κ2) is 33.1. The number of ether oxygens (including phenoxy) is 1. The Bertz CT molecular complexity index is 2150. The average Bonchev–Trinajstić information content (AvgIpc) is 4.03. The summed E-state index contributed by atoms with van der Waals surface area (Å²) in [4.78, 5) is 103. The van der Waals surface area contributed by atoms with E-state index < -0.39 is 158 Å². The minimum atomic E-state index is -2.29. The predicted molar refractivity (Wildman–Crippen MR) is 291 cm³/mol. The van der Waals surface area contributed by atoms with E-state index >= 15 is 0 Å². The summed E-state index contributed by atoms with van der Waals surface area (Å²) in [6.07, 6.45) is -5.80. The molecule has 1 aromatic rings. The number of aromatic hydroxyl groups is 1. The number of amides is 7. The monoisotopic (exact) mass is 1140 g/mol. The third-order valence-corrected chi connectivity index (χ3v) is 15.4. The first kappa shape index (κ1) is 67.4. The number of nitrogens with one attached hydrogen (secondary N) is 5. The summed E-state index contributed by atoms with van der Waals surface area (Å²) in [5.74, 6) is -6.57. The molecule has 3 fully saturated rings. The molecular formula is C54H92N10O16. The van der Waals surface area contributed by atoms with E-state index in [1.807, 2.05) is 0 Å². The molecule has 26 heteroatoms. The van der Waals surface area contributed by atoms with Crippen LogP contribution in [0.5, 0.6) is 5.75 Å². The molecule has 454 valence electrons. The number of unbranched alkanes of at least 4 members (excludes halogenated alkanes) is 5. The number of phenolic OH excluding ortho intramolecular Hbond substituents is 1. The van der Waals surface area contributed by atoms with Crippen molar-refractivity contribution in [1.29, 1.82) is 0 Å². The van der Waals surface area contributed by atoms with Crippen molar-refractivity contribution in [2.75, 3.05) is 39.4 Å². The largest absolute Gasteiger partial charge is 0.508 e. The predicted octanol–water partition coefficient (Wildman–Crippen LogP) is -3.52. The van der Waals surface area contributed by atoms with Gasteiger partial charge in [-0.3, -0.25) is 33.6 Å². The molecule has 0 aromatic heterocycles. The lowest BCUT2D eigenvalue weighted by Gasteiger charge is -2.35. The Hall–Kier alpha value is -5.13. The van der Waals surface area contributed by atoms with Crippen LogP contribution in [-0.2, 0) is 38.3 Å². The quantitative estimate of drug-likeness (QED) is 0.0422. The number of carbonyl (C=O) groups is 7. The fraction of sp³-hybridized carbons (Fsp3) is 0.759. The van der Waals surface area contributed by atoms with Gasteiger partial charge in [0.2, 0.25) is 41.4 Å². The Labute approximate surface area is 468 Å². The van der Waals surface area contributed by atoms with E-state index in [4.69, 9.17) is 21.9 Å². The first-order valence-electron chi connectivity index (χ1n) is 28.3. The molecule has 26 nitrogen and oxygen atoms in total. The number of fused-ring (bicyclic) bond motifs is 2. The third kappa shape index (κ3) is 19.8. The maximum atomic E-state index is 14.7. The van der Waals surface area contributed by atoms with Crippen LogP contribution in [0.4, 0.5) is 0 Å². The van der Waals surface area contributed by atoms with Crippen LogP contribution in [0.25, 0.3) is 0 Å². The molecule has 7 amide bonds. The van der Waals surface area contributed by atoms with Crippen LogP contribution in [0, 0.1) is 11.8 Å². The van der Waals surface area contributed by atoms with Gasteiger partial charge in [0.05, 0.1) is 49.8 Å². The zero-order valence-electron chi connectivity index (χ0n) is 46.7. The van der Waals surface area contributed by atoms with Gasteiger partial charge in [-0.15, -0.1) is 0 Å². The Kier molecular flexibility index (Phi) is 27.9. The van der Waals surface area contributed by atoms with Crippen molar-refractivity contribution in [3.05, 3.63) is 29.8 Å². The Balaban J connectivity index is 1.76. The highest BCUT2D eigenvalue weighted by Gasteiger charge is 2.49. The van der Waals surface area contributed by atoms with E-state index in [1.54, 1.807) is 0 Å². The molecule has 3 heterocycles. The van der Waals surface area contributed by atoms with Gasteiger partial charge in [-0.2, -0.15) is 0 Å². The fourth-order valence-corrected chi connectivity index (χ4v) is 10.4. The minimum Gasteiger partial charge on any atom is -0.508 e.